The molecule has 0 aromatic heterocycles. The Hall–Kier alpha value is -1.15. The molecule has 3 amide bonds. The van der Waals surface area contributed by atoms with Crippen LogP contribution in [0.15, 0.2) is 0 Å². The first kappa shape index (κ1) is 12.9. The van der Waals surface area contributed by atoms with Gasteiger partial charge in [0.05, 0.1) is 0 Å². The molecule has 0 aromatic rings. The van der Waals surface area contributed by atoms with Crippen LogP contribution in [0.25, 0.3) is 0 Å². The average molecular weight is 240 g/mol. The maximum atomic E-state index is 11.8. The van der Waals surface area contributed by atoms with Gasteiger partial charge in [-0.1, -0.05) is 0 Å². The van der Waals surface area contributed by atoms with Crippen LogP contribution in [0.3, 0.4) is 0 Å². The number of carbonyl (C=O) groups is 2. The summed E-state index contributed by atoms with van der Waals surface area (Å²) in [6.07, 6.45) is 3.22. The van der Waals surface area contributed by atoms with Crippen molar-refractivity contribution in [2.24, 2.45) is 0 Å². The number of amides is 3. The molecule has 88 valence electrons. The molecule has 1 N–H and O–H groups in total. The van der Waals surface area contributed by atoms with Crippen LogP contribution in [0.2, 0.25) is 0 Å². The fraction of sp³-hybridized carbons (Fsp3) is 0.636. The van der Waals surface area contributed by atoms with Crippen molar-refractivity contribution < 1.29 is 9.59 Å². The minimum Gasteiger partial charge on any atom is -0.326 e. The van der Waals surface area contributed by atoms with Crippen molar-refractivity contribution in [3.8, 4) is 11.8 Å². The van der Waals surface area contributed by atoms with Gasteiger partial charge in [0, 0.05) is 13.0 Å². The number of carbonyl (C=O) groups excluding carboxylic acids is 2. The van der Waals surface area contributed by atoms with Crippen molar-refractivity contribution in [3.05, 3.63) is 0 Å². The number of hydrogen-bond acceptors (Lipinski definition) is 3. The number of imide groups is 1. The Morgan fingerprint density at radius 3 is 2.88 bits per heavy atom. The minimum atomic E-state index is -0.338. The van der Waals surface area contributed by atoms with Crippen LogP contribution in [-0.2, 0) is 4.79 Å². The predicted octanol–water partition coefficient (Wildman–Crippen LogP) is 1.07. The molecule has 1 rings (SSSR count). The van der Waals surface area contributed by atoms with E-state index in [-0.39, 0.29) is 18.0 Å². The van der Waals surface area contributed by atoms with E-state index in [4.69, 9.17) is 0 Å². The molecule has 1 heterocycles. The SMILES string of the molecule is CC#CCCN1C(=O)N[C@H](CCSC)C1=O. The largest absolute Gasteiger partial charge is 0.326 e. The second-order valence-electron chi connectivity index (χ2n) is 3.45. The summed E-state index contributed by atoms with van der Waals surface area (Å²) < 4.78 is 0. The zero-order valence-corrected chi connectivity index (χ0v) is 10.4. The van der Waals surface area contributed by atoms with Crippen LogP contribution in [0, 0.1) is 11.8 Å². The molecular weight excluding hydrogens is 224 g/mol. The second-order valence-corrected chi connectivity index (χ2v) is 4.44. The molecule has 0 saturated carbocycles. The fourth-order valence-corrected chi connectivity index (χ4v) is 1.98. The zero-order chi connectivity index (χ0) is 12.0. The zero-order valence-electron chi connectivity index (χ0n) is 9.58. The van der Waals surface area contributed by atoms with Crippen molar-refractivity contribution in [1.82, 2.24) is 10.2 Å². The monoisotopic (exact) mass is 240 g/mol. The van der Waals surface area contributed by atoms with E-state index in [1.807, 2.05) is 6.26 Å². The van der Waals surface area contributed by atoms with E-state index in [1.54, 1.807) is 18.7 Å². The van der Waals surface area contributed by atoms with E-state index in [1.165, 1.54) is 4.90 Å². The molecule has 5 heteroatoms. The first-order chi connectivity index (χ1) is 7.70. The van der Waals surface area contributed by atoms with Gasteiger partial charge in [0.15, 0.2) is 0 Å². The van der Waals surface area contributed by atoms with Crippen LogP contribution >= 0.6 is 11.8 Å². The minimum absolute atomic E-state index is 0.114. The standard InChI is InChI=1S/C11H16N2O2S/c1-3-4-5-7-13-10(14)9(6-8-16-2)12-11(13)15/h9H,5-8H2,1-2H3,(H,12,15)/t9-/m1/s1. The molecule has 1 saturated heterocycles. The van der Waals surface area contributed by atoms with E-state index >= 15 is 0 Å². The number of rotatable bonds is 5. The Kier molecular flexibility index (Phi) is 5.20. The highest BCUT2D eigenvalue weighted by molar-refractivity contribution is 7.98. The summed E-state index contributed by atoms with van der Waals surface area (Å²) in [5.74, 6) is 6.35. The highest BCUT2D eigenvalue weighted by Crippen LogP contribution is 2.11. The molecule has 0 aliphatic carbocycles. The van der Waals surface area contributed by atoms with Crippen molar-refractivity contribution in [2.75, 3.05) is 18.6 Å². The molecular formula is C11H16N2O2S. The lowest BCUT2D eigenvalue weighted by molar-refractivity contribution is -0.127. The quantitative estimate of drug-likeness (QED) is 0.578. The van der Waals surface area contributed by atoms with Gasteiger partial charge in [-0.2, -0.15) is 11.8 Å². The summed E-state index contributed by atoms with van der Waals surface area (Å²) in [5.41, 5.74) is 0. The maximum absolute atomic E-state index is 11.8. The number of thioether (sulfide) groups is 1. The lowest BCUT2D eigenvalue weighted by Crippen LogP contribution is -2.32. The van der Waals surface area contributed by atoms with Gasteiger partial charge in [0.25, 0.3) is 5.91 Å². The fourth-order valence-electron chi connectivity index (χ4n) is 1.51. The predicted molar refractivity (Wildman–Crippen MR) is 65.1 cm³/mol. The van der Waals surface area contributed by atoms with Crippen LogP contribution in [0.5, 0.6) is 0 Å². The maximum Gasteiger partial charge on any atom is 0.324 e. The summed E-state index contributed by atoms with van der Waals surface area (Å²) in [5, 5.41) is 2.69. The topological polar surface area (TPSA) is 49.4 Å². The Morgan fingerprint density at radius 2 is 2.25 bits per heavy atom. The van der Waals surface area contributed by atoms with Crippen LogP contribution < -0.4 is 5.32 Å². The van der Waals surface area contributed by atoms with Gasteiger partial charge in [0.2, 0.25) is 0 Å². The van der Waals surface area contributed by atoms with Gasteiger partial charge in [-0.15, -0.1) is 11.8 Å². The average Bonchev–Trinajstić information content (AvgIpc) is 2.54. The normalized spacial score (nSPS) is 19.4. The third-order valence-corrected chi connectivity index (χ3v) is 3.00. The van der Waals surface area contributed by atoms with Gasteiger partial charge in [0.1, 0.15) is 6.04 Å². The van der Waals surface area contributed by atoms with E-state index in [2.05, 4.69) is 17.2 Å². The lowest BCUT2D eigenvalue weighted by atomic mass is 10.2. The molecule has 1 aliphatic rings. The Morgan fingerprint density at radius 1 is 1.50 bits per heavy atom. The highest BCUT2D eigenvalue weighted by atomic mass is 32.2. The first-order valence-corrected chi connectivity index (χ1v) is 6.60. The molecule has 0 radical (unpaired) electrons. The molecule has 0 unspecified atom stereocenters. The Labute approximate surface area is 100 Å². The lowest BCUT2D eigenvalue weighted by Gasteiger charge is -2.10. The van der Waals surface area contributed by atoms with E-state index in [0.29, 0.717) is 19.4 Å². The molecule has 1 fully saturated rings. The van der Waals surface area contributed by atoms with Gasteiger partial charge in [-0.05, 0) is 25.4 Å². The summed E-state index contributed by atoms with van der Waals surface area (Å²) in [4.78, 5) is 24.6. The van der Waals surface area contributed by atoms with Crippen molar-refractivity contribution in [2.45, 2.75) is 25.8 Å². The second kappa shape index (κ2) is 6.44. The third-order valence-electron chi connectivity index (χ3n) is 2.35. The van der Waals surface area contributed by atoms with E-state index in [9.17, 15) is 9.59 Å². The van der Waals surface area contributed by atoms with Gasteiger partial charge >= 0.3 is 6.03 Å². The van der Waals surface area contributed by atoms with Crippen LogP contribution in [0.1, 0.15) is 19.8 Å². The van der Waals surface area contributed by atoms with Crippen molar-refractivity contribution >= 4 is 23.7 Å². The summed E-state index contributed by atoms with van der Waals surface area (Å²) in [6, 6.07) is -0.622. The Balaban J connectivity index is 2.49. The molecule has 1 atom stereocenters. The summed E-state index contributed by atoms with van der Waals surface area (Å²) in [6.45, 7) is 2.13. The summed E-state index contributed by atoms with van der Waals surface area (Å²) in [7, 11) is 0. The number of nitrogens with one attached hydrogen (secondary N) is 1. The highest BCUT2D eigenvalue weighted by Gasteiger charge is 2.36. The van der Waals surface area contributed by atoms with Gasteiger partial charge in [-0.3, -0.25) is 9.69 Å². The smallest absolute Gasteiger partial charge is 0.324 e. The van der Waals surface area contributed by atoms with E-state index in [0.717, 1.165) is 5.75 Å². The van der Waals surface area contributed by atoms with Crippen LogP contribution in [-0.4, -0.2) is 41.4 Å². The van der Waals surface area contributed by atoms with Crippen LogP contribution in [0.4, 0.5) is 4.79 Å². The first-order valence-electron chi connectivity index (χ1n) is 5.21. The molecule has 1 aliphatic heterocycles. The number of hydrogen-bond donors (Lipinski definition) is 1. The molecule has 0 bridgehead atoms. The van der Waals surface area contributed by atoms with Gasteiger partial charge < -0.3 is 5.32 Å². The third kappa shape index (κ3) is 3.17. The van der Waals surface area contributed by atoms with Crippen molar-refractivity contribution in [1.29, 1.82) is 0 Å². The number of urea groups is 1. The van der Waals surface area contributed by atoms with Crippen molar-refractivity contribution in [3.63, 3.8) is 0 Å². The molecule has 0 aromatic carbocycles. The molecule has 4 nitrogen and oxygen atoms in total. The summed E-state index contributed by atoms with van der Waals surface area (Å²) >= 11 is 1.67. The molecule has 16 heavy (non-hydrogen) atoms. The molecule has 0 spiro atoms. The number of nitrogens with zero attached hydrogens (tertiary/aromatic N) is 1. The van der Waals surface area contributed by atoms with E-state index < -0.39 is 0 Å². The van der Waals surface area contributed by atoms with Gasteiger partial charge in [-0.25, -0.2) is 4.79 Å². The Bertz CT molecular complexity index is 333.